The van der Waals surface area contributed by atoms with E-state index in [-0.39, 0.29) is 29.4 Å². The van der Waals surface area contributed by atoms with Crippen molar-refractivity contribution < 1.29 is 0 Å². The highest BCUT2D eigenvalue weighted by Gasteiger charge is 2.17. The van der Waals surface area contributed by atoms with Crippen LogP contribution in [-0.4, -0.2) is 18.0 Å². The van der Waals surface area contributed by atoms with Crippen LogP contribution in [0.1, 0.15) is 37.0 Å². The smallest absolute Gasteiger partial charge is 0.191 e. The number of halogens is 1. The number of nitrogens with zero attached hydrogens (tertiary/aromatic N) is 2. The molecule has 22 heavy (non-hydrogen) atoms. The molecule has 2 heterocycles. The van der Waals surface area contributed by atoms with Crippen LogP contribution in [0.5, 0.6) is 0 Å². The Hall–Kier alpha value is -0.670. The highest BCUT2D eigenvalue weighted by molar-refractivity contribution is 14.0. The topological polar surface area (TPSA) is 49.3 Å². The number of aliphatic imine (C=N–C) groups is 1. The Labute approximate surface area is 157 Å². The lowest BCUT2D eigenvalue weighted by atomic mass is 9.93. The SMILES string of the molecule is CN=C(NCc1ccsc1)NCc1nc(C(C)(C)C)cs1.I. The fourth-order valence-corrected chi connectivity index (χ4v) is 3.32. The van der Waals surface area contributed by atoms with Gasteiger partial charge in [0.25, 0.3) is 0 Å². The van der Waals surface area contributed by atoms with E-state index in [1.165, 1.54) is 5.56 Å². The summed E-state index contributed by atoms with van der Waals surface area (Å²) in [7, 11) is 1.78. The fourth-order valence-electron chi connectivity index (χ4n) is 1.70. The van der Waals surface area contributed by atoms with Gasteiger partial charge in [0, 0.05) is 24.4 Å². The van der Waals surface area contributed by atoms with Gasteiger partial charge in [0.2, 0.25) is 0 Å². The summed E-state index contributed by atoms with van der Waals surface area (Å²) in [5.74, 6) is 0.800. The molecule has 0 saturated carbocycles. The van der Waals surface area contributed by atoms with Crippen molar-refractivity contribution in [2.75, 3.05) is 7.05 Å². The van der Waals surface area contributed by atoms with Crippen LogP contribution >= 0.6 is 46.7 Å². The van der Waals surface area contributed by atoms with Gasteiger partial charge in [0.15, 0.2) is 5.96 Å². The molecule has 0 saturated heterocycles. The van der Waals surface area contributed by atoms with Gasteiger partial charge in [-0.3, -0.25) is 4.99 Å². The van der Waals surface area contributed by atoms with Crippen LogP contribution in [0.2, 0.25) is 0 Å². The van der Waals surface area contributed by atoms with Crippen LogP contribution in [0.4, 0.5) is 0 Å². The van der Waals surface area contributed by atoms with Gasteiger partial charge in [0.05, 0.1) is 12.2 Å². The van der Waals surface area contributed by atoms with E-state index in [4.69, 9.17) is 0 Å². The van der Waals surface area contributed by atoms with Gasteiger partial charge in [0.1, 0.15) is 5.01 Å². The zero-order chi connectivity index (χ0) is 15.3. The van der Waals surface area contributed by atoms with Crippen molar-refractivity contribution in [1.29, 1.82) is 0 Å². The monoisotopic (exact) mass is 450 g/mol. The van der Waals surface area contributed by atoms with Crippen molar-refractivity contribution in [3.8, 4) is 0 Å². The number of guanidine groups is 1. The summed E-state index contributed by atoms with van der Waals surface area (Å²) < 4.78 is 0. The van der Waals surface area contributed by atoms with Gasteiger partial charge in [-0.25, -0.2) is 4.98 Å². The van der Waals surface area contributed by atoms with E-state index in [1.807, 2.05) is 0 Å². The summed E-state index contributed by atoms with van der Waals surface area (Å²) in [6.45, 7) is 8.03. The first-order valence-corrected chi connectivity index (χ1v) is 8.72. The maximum Gasteiger partial charge on any atom is 0.191 e. The second-order valence-corrected chi connectivity index (χ2v) is 7.51. The number of thiazole rings is 1. The Bertz CT molecular complexity index is 585. The Morgan fingerprint density at radius 1 is 1.23 bits per heavy atom. The van der Waals surface area contributed by atoms with E-state index in [2.05, 4.69) is 63.6 Å². The zero-order valence-corrected chi connectivity index (χ0v) is 17.3. The molecule has 0 atom stereocenters. The van der Waals surface area contributed by atoms with Crippen LogP contribution in [-0.2, 0) is 18.5 Å². The molecule has 0 amide bonds. The van der Waals surface area contributed by atoms with Gasteiger partial charge in [-0.15, -0.1) is 35.3 Å². The minimum absolute atomic E-state index is 0. The van der Waals surface area contributed by atoms with Crippen LogP contribution < -0.4 is 10.6 Å². The van der Waals surface area contributed by atoms with Crippen molar-refractivity contribution in [3.05, 3.63) is 38.5 Å². The van der Waals surface area contributed by atoms with Crippen LogP contribution in [0.15, 0.2) is 27.2 Å². The largest absolute Gasteiger partial charge is 0.352 e. The number of nitrogens with one attached hydrogen (secondary N) is 2. The summed E-state index contributed by atoms with van der Waals surface area (Å²) in [6.07, 6.45) is 0. The normalized spacial score (nSPS) is 11.9. The van der Waals surface area contributed by atoms with Crippen molar-refractivity contribution in [1.82, 2.24) is 15.6 Å². The maximum atomic E-state index is 4.67. The quantitative estimate of drug-likeness (QED) is 0.421. The standard InChI is InChI=1S/C15H22N4S2.HI/c1-15(2,3)12-10-21-13(19-12)8-18-14(16-4)17-7-11-5-6-20-9-11;/h5-6,9-10H,7-8H2,1-4H3,(H2,16,17,18);1H. The van der Waals surface area contributed by atoms with Gasteiger partial charge < -0.3 is 10.6 Å². The minimum Gasteiger partial charge on any atom is -0.352 e. The number of aromatic nitrogens is 1. The van der Waals surface area contributed by atoms with Crippen LogP contribution in [0.3, 0.4) is 0 Å². The Balaban J connectivity index is 0.00000242. The summed E-state index contributed by atoms with van der Waals surface area (Å²) in [5, 5.41) is 14.0. The van der Waals surface area contributed by atoms with E-state index < -0.39 is 0 Å². The van der Waals surface area contributed by atoms with Gasteiger partial charge in [-0.2, -0.15) is 11.3 Å². The maximum absolute atomic E-state index is 4.67. The summed E-state index contributed by atoms with van der Waals surface area (Å²) in [4.78, 5) is 8.91. The molecule has 2 N–H and O–H groups in total. The summed E-state index contributed by atoms with van der Waals surface area (Å²) in [5.41, 5.74) is 2.52. The second kappa shape index (κ2) is 8.83. The fraction of sp³-hybridized carbons (Fsp3) is 0.467. The lowest BCUT2D eigenvalue weighted by molar-refractivity contribution is 0.570. The Morgan fingerprint density at radius 2 is 1.95 bits per heavy atom. The van der Waals surface area contributed by atoms with Crippen LogP contribution in [0, 0.1) is 0 Å². The number of hydrogen-bond donors (Lipinski definition) is 2. The van der Waals surface area contributed by atoms with E-state index in [0.717, 1.165) is 23.2 Å². The number of thiophene rings is 1. The predicted octanol–water partition coefficient (Wildman–Crippen LogP) is 3.99. The lowest BCUT2D eigenvalue weighted by Crippen LogP contribution is -2.36. The molecule has 0 spiro atoms. The highest BCUT2D eigenvalue weighted by Crippen LogP contribution is 2.23. The first kappa shape index (κ1) is 19.4. The molecule has 0 aliphatic rings. The average Bonchev–Trinajstić information content (AvgIpc) is 3.09. The molecular formula is C15H23IN4S2. The summed E-state index contributed by atoms with van der Waals surface area (Å²) in [6, 6.07) is 2.11. The second-order valence-electron chi connectivity index (χ2n) is 5.79. The van der Waals surface area contributed by atoms with Crippen molar-refractivity contribution in [3.63, 3.8) is 0 Å². The third kappa shape index (κ3) is 5.85. The van der Waals surface area contributed by atoms with E-state index >= 15 is 0 Å². The van der Waals surface area contributed by atoms with Crippen molar-refractivity contribution in [2.24, 2.45) is 4.99 Å². The molecular weight excluding hydrogens is 427 g/mol. The molecule has 0 radical (unpaired) electrons. The molecule has 0 bridgehead atoms. The van der Waals surface area contributed by atoms with Gasteiger partial charge >= 0.3 is 0 Å². The first-order valence-electron chi connectivity index (χ1n) is 6.89. The first-order chi connectivity index (χ1) is 9.99. The minimum atomic E-state index is 0. The average molecular weight is 450 g/mol. The molecule has 2 rings (SSSR count). The van der Waals surface area contributed by atoms with E-state index in [0.29, 0.717) is 6.54 Å². The van der Waals surface area contributed by atoms with Crippen molar-refractivity contribution in [2.45, 2.75) is 39.3 Å². The predicted molar refractivity (Wildman–Crippen MR) is 108 cm³/mol. The number of hydrogen-bond acceptors (Lipinski definition) is 4. The molecule has 7 heteroatoms. The van der Waals surface area contributed by atoms with Gasteiger partial charge in [-0.05, 0) is 22.4 Å². The summed E-state index contributed by atoms with van der Waals surface area (Å²) >= 11 is 3.40. The Kier molecular flexibility index (Phi) is 7.78. The zero-order valence-electron chi connectivity index (χ0n) is 13.3. The van der Waals surface area contributed by atoms with E-state index in [1.54, 1.807) is 29.7 Å². The molecule has 122 valence electrons. The number of rotatable bonds is 4. The molecule has 0 unspecified atom stereocenters. The third-order valence-corrected chi connectivity index (χ3v) is 4.57. The molecule has 0 aliphatic heterocycles. The molecule has 0 aliphatic carbocycles. The molecule has 0 aromatic carbocycles. The van der Waals surface area contributed by atoms with Gasteiger partial charge in [-0.1, -0.05) is 20.8 Å². The highest BCUT2D eigenvalue weighted by atomic mass is 127. The Morgan fingerprint density at radius 3 is 2.50 bits per heavy atom. The molecule has 0 fully saturated rings. The molecule has 2 aromatic heterocycles. The van der Waals surface area contributed by atoms with E-state index in [9.17, 15) is 0 Å². The third-order valence-electron chi connectivity index (χ3n) is 2.99. The molecule has 2 aromatic rings. The lowest BCUT2D eigenvalue weighted by Gasteiger charge is -2.14. The van der Waals surface area contributed by atoms with Crippen LogP contribution in [0.25, 0.3) is 0 Å². The van der Waals surface area contributed by atoms with Crippen molar-refractivity contribution >= 4 is 52.6 Å². The molecule has 4 nitrogen and oxygen atoms in total.